The lowest BCUT2D eigenvalue weighted by Gasteiger charge is -2.23. The topological polar surface area (TPSA) is 49.4 Å². The molecule has 4 nitrogen and oxygen atoms in total. The molecule has 18 heavy (non-hydrogen) atoms. The van der Waals surface area contributed by atoms with Gasteiger partial charge in [-0.05, 0) is 6.42 Å². The number of carbonyl (C=O) groups is 2. The van der Waals surface area contributed by atoms with Crippen molar-refractivity contribution in [3.63, 3.8) is 0 Å². The van der Waals surface area contributed by atoms with Crippen LogP contribution in [0, 0.1) is 5.41 Å². The minimum Gasteiger partial charge on any atom is -0.354 e. The van der Waals surface area contributed by atoms with Gasteiger partial charge in [-0.3, -0.25) is 9.59 Å². The van der Waals surface area contributed by atoms with Crippen LogP contribution in [-0.2, 0) is 9.59 Å². The summed E-state index contributed by atoms with van der Waals surface area (Å²) in [5.41, 5.74) is -0.372. The van der Waals surface area contributed by atoms with Crippen LogP contribution in [-0.4, -0.2) is 36.3 Å². The molecule has 0 spiro atoms. The summed E-state index contributed by atoms with van der Waals surface area (Å²) < 4.78 is 0. The van der Waals surface area contributed by atoms with E-state index in [1.165, 1.54) is 0 Å². The number of hydrogen-bond donors (Lipinski definition) is 1. The Balaban J connectivity index is 3.98. The van der Waals surface area contributed by atoms with Gasteiger partial charge < -0.3 is 10.2 Å². The van der Waals surface area contributed by atoms with Gasteiger partial charge in [-0.2, -0.15) is 0 Å². The molecule has 2 amide bonds. The Hall–Kier alpha value is -1.06. The molecule has 0 fully saturated rings. The zero-order valence-electron chi connectivity index (χ0n) is 12.5. The van der Waals surface area contributed by atoms with E-state index in [4.69, 9.17) is 0 Å². The normalized spacial score (nSPS) is 11.2. The smallest absolute Gasteiger partial charge is 0.225 e. The predicted molar refractivity (Wildman–Crippen MR) is 74.2 cm³/mol. The molecule has 0 aliphatic heterocycles. The summed E-state index contributed by atoms with van der Waals surface area (Å²) in [6.07, 6.45) is 3.31. The number of nitrogens with zero attached hydrogens (tertiary/aromatic N) is 1. The van der Waals surface area contributed by atoms with E-state index < -0.39 is 0 Å². The number of rotatable bonds is 7. The molecule has 0 radical (unpaired) electrons. The fraction of sp³-hybridized carbons (Fsp3) is 0.857. The lowest BCUT2D eigenvalue weighted by molar-refractivity contribution is -0.131. The van der Waals surface area contributed by atoms with Gasteiger partial charge in [0.1, 0.15) is 0 Å². The molecule has 0 unspecified atom stereocenters. The van der Waals surface area contributed by atoms with Crippen LogP contribution in [0.5, 0.6) is 0 Å². The first-order valence-corrected chi connectivity index (χ1v) is 6.82. The molecule has 0 saturated carbocycles. The van der Waals surface area contributed by atoms with Crippen LogP contribution in [0.4, 0.5) is 0 Å². The summed E-state index contributed by atoms with van der Waals surface area (Å²) in [6, 6.07) is 0. The molecule has 0 saturated heterocycles. The monoisotopic (exact) mass is 256 g/mol. The minimum atomic E-state index is -0.372. The van der Waals surface area contributed by atoms with Crippen molar-refractivity contribution >= 4 is 11.8 Å². The van der Waals surface area contributed by atoms with Crippen LogP contribution in [0.2, 0.25) is 0 Å². The Kier molecular flexibility index (Phi) is 7.64. The van der Waals surface area contributed by atoms with Crippen molar-refractivity contribution in [1.82, 2.24) is 10.2 Å². The van der Waals surface area contributed by atoms with E-state index in [1.807, 2.05) is 20.8 Å². The van der Waals surface area contributed by atoms with Crippen molar-refractivity contribution in [2.75, 3.05) is 19.6 Å². The molecule has 0 aromatic carbocycles. The zero-order valence-corrected chi connectivity index (χ0v) is 12.5. The summed E-state index contributed by atoms with van der Waals surface area (Å²) in [4.78, 5) is 24.9. The third-order valence-electron chi connectivity index (χ3n) is 2.83. The van der Waals surface area contributed by atoms with Crippen molar-refractivity contribution in [3.05, 3.63) is 0 Å². The van der Waals surface area contributed by atoms with Crippen LogP contribution in [0.25, 0.3) is 0 Å². The Morgan fingerprint density at radius 3 is 2.17 bits per heavy atom. The molecule has 0 heterocycles. The number of hydrogen-bond acceptors (Lipinski definition) is 2. The summed E-state index contributed by atoms with van der Waals surface area (Å²) in [5, 5.41) is 2.87. The average molecular weight is 256 g/mol. The fourth-order valence-electron chi connectivity index (χ4n) is 1.55. The highest BCUT2D eigenvalue weighted by Crippen LogP contribution is 2.12. The Morgan fingerprint density at radius 2 is 1.72 bits per heavy atom. The van der Waals surface area contributed by atoms with Crippen LogP contribution >= 0.6 is 0 Å². The van der Waals surface area contributed by atoms with Gasteiger partial charge in [0, 0.05) is 32.0 Å². The van der Waals surface area contributed by atoms with E-state index in [9.17, 15) is 9.59 Å². The van der Waals surface area contributed by atoms with Crippen LogP contribution in [0.1, 0.15) is 53.9 Å². The molecule has 106 valence electrons. The summed E-state index contributed by atoms with van der Waals surface area (Å²) in [7, 11) is 0. The van der Waals surface area contributed by atoms with Crippen LogP contribution in [0.3, 0.4) is 0 Å². The minimum absolute atomic E-state index is 0.0274. The van der Waals surface area contributed by atoms with Crippen molar-refractivity contribution in [1.29, 1.82) is 0 Å². The van der Waals surface area contributed by atoms with E-state index in [0.717, 1.165) is 25.8 Å². The van der Waals surface area contributed by atoms with Crippen molar-refractivity contribution in [3.8, 4) is 0 Å². The molecule has 1 N–H and O–H groups in total. The highest BCUT2D eigenvalue weighted by Gasteiger charge is 2.20. The second kappa shape index (κ2) is 8.11. The summed E-state index contributed by atoms with van der Waals surface area (Å²) >= 11 is 0. The summed E-state index contributed by atoms with van der Waals surface area (Å²) in [5.74, 6) is 0.107. The van der Waals surface area contributed by atoms with Gasteiger partial charge in [-0.15, -0.1) is 0 Å². The molecule has 0 bridgehead atoms. The van der Waals surface area contributed by atoms with E-state index >= 15 is 0 Å². The highest BCUT2D eigenvalue weighted by atomic mass is 16.2. The predicted octanol–water partition coefficient (Wildman–Crippen LogP) is 2.19. The first-order chi connectivity index (χ1) is 8.29. The van der Waals surface area contributed by atoms with E-state index in [0.29, 0.717) is 13.1 Å². The molecule has 0 atom stereocenters. The molecule has 0 rings (SSSR count). The van der Waals surface area contributed by atoms with Crippen LogP contribution < -0.4 is 5.32 Å². The molecule has 0 aliphatic rings. The first kappa shape index (κ1) is 16.9. The van der Waals surface area contributed by atoms with E-state index in [2.05, 4.69) is 12.2 Å². The van der Waals surface area contributed by atoms with E-state index in [-0.39, 0.29) is 17.2 Å². The zero-order chi connectivity index (χ0) is 14.2. The molecular weight excluding hydrogens is 228 g/mol. The Morgan fingerprint density at radius 1 is 1.11 bits per heavy atom. The number of amides is 2. The van der Waals surface area contributed by atoms with Crippen molar-refractivity contribution in [2.45, 2.75) is 53.9 Å². The number of carbonyl (C=O) groups excluding carboxylic acids is 2. The maximum absolute atomic E-state index is 11.7. The third kappa shape index (κ3) is 7.30. The van der Waals surface area contributed by atoms with Crippen molar-refractivity contribution < 1.29 is 9.59 Å². The molecule has 0 aromatic heterocycles. The Labute approximate surface area is 111 Å². The van der Waals surface area contributed by atoms with Crippen LogP contribution in [0.15, 0.2) is 0 Å². The summed E-state index contributed by atoms with van der Waals surface area (Å²) in [6.45, 7) is 11.3. The molecular formula is C14H28N2O2. The van der Waals surface area contributed by atoms with Gasteiger partial charge in [-0.1, -0.05) is 40.5 Å². The SMILES string of the molecule is CCCCCN(CCNC(=O)C(C)(C)C)C(C)=O. The van der Waals surface area contributed by atoms with Gasteiger partial charge in [0.15, 0.2) is 0 Å². The standard InChI is InChI=1S/C14H28N2O2/c1-6-7-8-10-16(12(2)17)11-9-15-13(18)14(3,4)5/h6-11H2,1-5H3,(H,15,18). The van der Waals surface area contributed by atoms with Gasteiger partial charge >= 0.3 is 0 Å². The number of unbranched alkanes of at least 4 members (excludes halogenated alkanes) is 2. The molecule has 0 aliphatic carbocycles. The maximum Gasteiger partial charge on any atom is 0.225 e. The fourth-order valence-corrected chi connectivity index (χ4v) is 1.55. The highest BCUT2D eigenvalue weighted by molar-refractivity contribution is 5.81. The first-order valence-electron chi connectivity index (χ1n) is 6.82. The molecule has 4 heteroatoms. The average Bonchev–Trinajstić information content (AvgIpc) is 2.25. The Bertz CT molecular complexity index is 269. The lowest BCUT2D eigenvalue weighted by Crippen LogP contribution is -2.41. The van der Waals surface area contributed by atoms with Crippen molar-refractivity contribution in [2.24, 2.45) is 5.41 Å². The maximum atomic E-state index is 11.7. The van der Waals surface area contributed by atoms with Gasteiger partial charge in [-0.25, -0.2) is 0 Å². The van der Waals surface area contributed by atoms with E-state index in [1.54, 1.807) is 11.8 Å². The third-order valence-corrected chi connectivity index (χ3v) is 2.83. The van der Waals surface area contributed by atoms with Gasteiger partial charge in [0.05, 0.1) is 0 Å². The lowest BCUT2D eigenvalue weighted by atomic mass is 9.96. The number of nitrogens with one attached hydrogen (secondary N) is 1. The van der Waals surface area contributed by atoms with Gasteiger partial charge in [0.2, 0.25) is 11.8 Å². The molecule has 0 aromatic rings. The largest absolute Gasteiger partial charge is 0.354 e. The quantitative estimate of drug-likeness (QED) is 0.710. The second-order valence-corrected chi connectivity index (χ2v) is 5.72. The van der Waals surface area contributed by atoms with Gasteiger partial charge in [0.25, 0.3) is 0 Å². The second-order valence-electron chi connectivity index (χ2n) is 5.72.